The zero-order valence-electron chi connectivity index (χ0n) is 16.9. The summed E-state index contributed by atoms with van der Waals surface area (Å²) >= 11 is 0. The molecule has 1 aromatic carbocycles. The van der Waals surface area contributed by atoms with Gasteiger partial charge in [-0.05, 0) is 31.0 Å². The predicted octanol–water partition coefficient (Wildman–Crippen LogP) is 2.01. The van der Waals surface area contributed by atoms with Crippen LogP contribution in [-0.2, 0) is 10.0 Å². The van der Waals surface area contributed by atoms with Crippen LogP contribution in [0.15, 0.2) is 35.3 Å². The molecule has 1 N–H and O–H groups in total. The van der Waals surface area contributed by atoms with E-state index in [1.165, 1.54) is 22.6 Å². The van der Waals surface area contributed by atoms with Gasteiger partial charge >= 0.3 is 0 Å². The fourth-order valence-corrected chi connectivity index (χ4v) is 4.55. The Kier molecular flexibility index (Phi) is 5.62. The minimum absolute atomic E-state index is 0. The van der Waals surface area contributed by atoms with Crippen molar-refractivity contribution in [3.8, 4) is 11.8 Å². The standard InChI is InChI=1S/C20H18F2N6O3S.H2/c1-32(30,31)27-7-5-14(6-8-27)25-20-24-11-13-9-12(10-23)19(29)28(18(13)26-20)17-15(21)3-2-4-16(17)22;/h2-4,9,11,14H,5-8H2,1H3,(H,24,25,26);1H. The number of benzene rings is 1. The van der Waals surface area contributed by atoms with Crippen LogP contribution < -0.4 is 10.9 Å². The number of halogens is 2. The molecule has 0 unspecified atom stereocenters. The number of nitriles is 1. The second-order valence-corrected chi connectivity index (χ2v) is 9.42. The number of piperidine rings is 1. The number of aromatic nitrogens is 3. The summed E-state index contributed by atoms with van der Waals surface area (Å²) in [7, 11) is -3.27. The zero-order chi connectivity index (χ0) is 23.0. The molecule has 2 aromatic heterocycles. The van der Waals surface area contributed by atoms with E-state index in [1.807, 2.05) is 0 Å². The Morgan fingerprint density at radius 3 is 2.50 bits per heavy atom. The van der Waals surface area contributed by atoms with Gasteiger partial charge in [0, 0.05) is 32.1 Å². The Balaban J connectivity index is 0.00000306. The molecule has 4 rings (SSSR count). The topological polar surface area (TPSA) is 121 Å². The maximum atomic E-state index is 14.5. The maximum Gasteiger partial charge on any atom is 0.274 e. The van der Waals surface area contributed by atoms with Crippen LogP contribution >= 0.6 is 0 Å². The molecule has 12 heteroatoms. The Hall–Kier alpha value is -3.43. The van der Waals surface area contributed by atoms with E-state index < -0.39 is 32.9 Å². The number of para-hydroxylation sites is 1. The van der Waals surface area contributed by atoms with Gasteiger partial charge in [-0.25, -0.2) is 26.5 Å². The highest BCUT2D eigenvalue weighted by Crippen LogP contribution is 2.23. The minimum atomic E-state index is -3.27. The summed E-state index contributed by atoms with van der Waals surface area (Å²) in [5.41, 5.74) is -1.91. The number of anilines is 1. The molecule has 1 saturated heterocycles. The number of nitrogens with zero attached hydrogens (tertiary/aromatic N) is 5. The second kappa shape index (κ2) is 8.25. The monoisotopic (exact) mass is 462 g/mol. The van der Waals surface area contributed by atoms with Crippen LogP contribution in [0, 0.1) is 23.0 Å². The lowest BCUT2D eigenvalue weighted by atomic mass is 10.1. The van der Waals surface area contributed by atoms with Crippen molar-refractivity contribution in [1.82, 2.24) is 18.8 Å². The smallest absolute Gasteiger partial charge is 0.274 e. The van der Waals surface area contributed by atoms with Crippen molar-refractivity contribution < 1.29 is 18.6 Å². The van der Waals surface area contributed by atoms with Gasteiger partial charge in [0.1, 0.15) is 29.0 Å². The third-order valence-corrected chi connectivity index (χ3v) is 6.58. The van der Waals surface area contributed by atoms with Crippen LogP contribution in [0.2, 0.25) is 0 Å². The van der Waals surface area contributed by atoms with Crippen molar-refractivity contribution >= 4 is 27.0 Å². The normalized spacial score (nSPS) is 15.6. The molecule has 0 radical (unpaired) electrons. The fourth-order valence-electron chi connectivity index (χ4n) is 3.67. The van der Waals surface area contributed by atoms with E-state index in [0.29, 0.717) is 25.9 Å². The lowest BCUT2D eigenvalue weighted by molar-refractivity contribution is 0.331. The number of fused-ring (bicyclic) bond motifs is 1. The lowest BCUT2D eigenvalue weighted by Crippen LogP contribution is -2.42. The van der Waals surface area contributed by atoms with Crippen LogP contribution in [0.3, 0.4) is 0 Å². The average Bonchev–Trinajstić information content (AvgIpc) is 2.74. The molecule has 1 fully saturated rings. The van der Waals surface area contributed by atoms with Crippen molar-refractivity contribution in [2.75, 3.05) is 24.7 Å². The van der Waals surface area contributed by atoms with Gasteiger partial charge in [-0.15, -0.1) is 0 Å². The van der Waals surface area contributed by atoms with E-state index in [9.17, 15) is 27.3 Å². The maximum absolute atomic E-state index is 14.5. The third kappa shape index (κ3) is 4.04. The third-order valence-electron chi connectivity index (χ3n) is 5.28. The Morgan fingerprint density at radius 1 is 1.25 bits per heavy atom. The van der Waals surface area contributed by atoms with Gasteiger partial charge in [0.15, 0.2) is 5.65 Å². The van der Waals surface area contributed by atoms with Crippen molar-refractivity contribution in [1.29, 1.82) is 5.26 Å². The van der Waals surface area contributed by atoms with Gasteiger partial charge < -0.3 is 5.32 Å². The van der Waals surface area contributed by atoms with Gasteiger partial charge in [0.2, 0.25) is 16.0 Å². The van der Waals surface area contributed by atoms with Gasteiger partial charge in [0.05, 0.1) is 6.26 Å². The number of nitrogens with one attached hydrogen (secondary N) is 1. The molecule has 9 nitrogen and oxygen atoms in total. The summed E-state index contributed by atoms with van der Waals surface area (Å²) in [5.74, 6) is -1.85. The molecule has 1 aliphatic rings. The average molecular weight is 462 g/mol. The van der Waals surface area contributed by atoms with Crippen molar-refractivity contribution in [3.05, 3.63) is 58.0 Å². The number of pyridine rings is 1. The van der Waals surface area contributed by atoms with E-state index in [-0.39, 0.29) is 30.0 Å². The second-order valence-electron chi connectivity index (χ2n) is 7.43. The number of sulfonamides is 1. The molecule has 1 aliphatic heterocycles. The van der Waals surface area contributed by atoms with Gasteiger partial charge in [-0.1, -0.05) is 6.07 Å². The van der Waals surface area contributed by atoms with E-state index in [2.05, 4.69) is 15.3 Å². The van der Waals surface area contributed by atoms with Crippen molar-refractivity contribution in [2.45, 2.75) is 18.9 Å². The molecule has 3 aromatic rings. The Labute approximate surface area is 183 Å². The zero-order valence-corrected chi connectivity index (χ0v) is 17.7. The van der Waals surface area contributed by atoms with E-state index >= 15 is 0 Å². The largest absolute Gasteiger partial charge is 0.351 e. The molecule has 0 amide bonds. The van der Waals surface area contributed by atoms with E-state index in [0.717, 1.165) is 23.0 Å². The summed E-state index contributed by atoms with van der Waals surface area (Å²) in [6.07, 6.45) is 3.53. The number of hydrogen-bond acceptors (Lipinski definition) is 7. The first-order chi connectivity index (χ1) is 15.2. The summed E-state index contributed by atoms with van der Waals surface area (Å²) in [6.45, 7) is 0.668. The Morgan fingerprint density at radius 2 is 1.91 bits per heavy atom. The summed E-state index contributed by atoms with van der Waals surface area (Å²) in [5, 5.41) is 12.6. The van der Waals surface area contributed by atoms with Crippen molar-refractivity contribution in [3.63, 3.8) is 0 Å². The van der Waals surface area contributed by atoms with Gasteiger partial charge in [0.25, 0.3) is 5.56 Å². The van der Waals surface area contributed by atoms with Gasteiger partial charge in [-0.2, -0.15) is 10.2 Å². The SMILES string of the molecule is CS(=O)(=O)N1CCC(Nc2ncc3cc(C#N)c(=O)n(-c4c(F)cccc4F)c3n2)CC1.[HH]. The van der Waals surface area contributed by atoms with Crippen LogP contribution in [0.1, 0.15) is 19.8 Å². The molecule has 0 aliphatic carbocycles. The van der Waals surface area contributed by atoms with Crippen molar-refractivity contribution in [2.24, 2.45) is 0 Å². The molecule has 0 spiro atoms. The molecular weight excluding hydrogens is 442 g/mol. The first kappa shape index (κ1) is 21.8. The molecular formula is C20H20F2N6O3S. The summed E-state index contributed by atoms with van der Waals surface area (Å²) in [6, 6.07) is 6.04. The predicted molar refractivity (Wildman–Crippen MR) is 115 cm³/mol. The van der Waals surface area contributed by atoms with Crippen LogP contribution in [0.25, 0.3) is 16.7 Å². The van der Waals surface area contributed by atoms with E-state index in [1.54, 1.807) is 6.07 Å². The highest BCUT2D eigenvalue weighted by molar-refractivity contribution is 7.88. The number of hydrogen-bond donors (Lipinski definition) is 1. The van der Waals surface area contributed by atoms with Gasteiger partial charge in [-0.3, -0.25) is 9.36 Å². The Bertz CT molecular complexity index is 1400. The quantitative estimate of drug-likeness (QED) is 0.630. The highest BCUT2D eigenvalue weighted by atomic mass is 32.2. The van der Waals surface area contributed by atoms with Crippen LogP contribution in [-0.4, -0.2) is 52.6 Å². The minimum Gasteiger partial charge on any atom is -0.351 e. The summed E-state index contributed by atoms with van der Waals surface area (Å²) < 4.78 is 54.4. The first-order valence-electron chi connectivity index (χ1n) is 9.68. The molecule has 3 heterocycles. The molecule has 168 valence electrons. The lowest BCUT2D eigenvalue weighted by Gasteiger charge is -2.30. The van der Waals surface area contributed by atoms with Crippen LogP contribution in [0.4, 0.5) is 14.7 Å². The highest BCUT2D eigenvalue weighted by Gasteiger charge is 2.26. The molecule has 0 bridgehead atoms. The number of rotatable bonds is 4. The summed E-state index contributed by atoms with van der Waals surface area (Å²) in [4.78, 5) is 21.3. The van der Waals surface area contributed by atoms with Crippen LogP contribution in [0.5, 0.6) is 0 Å². The molecule has 0 atom stereocenters. The fraction of sp³-hybridized carbons (Fsp3) is 0.300. The first-order valence-corrected chi connectivity index (χ1v) is 11.5. The molecule has 32 heavy (non-hydrogen) atoms. The van der Waals surface area contributed by atoms with E-state index in [4.69, 9.17) is 0 Å². The molecule has 0 saturated carbocycles.